The summed E-state index contributed by atoms with van der Waals surface area (Å²) in [7, 11) is 0. The molecule has 0 aliphatic carbocycles. The van der Waals surface area contributed by atoms with Gasteiger partial charge in [-0.1, -0.05) is 6.07 Å². The number of fused-ring (bicyclic) bond motifs is 1. The van der Waals surface area contributed by atoms with Crippen LogP contribution < -0.4 is 0 Å². The van der Waals surface area contributed by atoms with Crippen molar-refractivity contribution in [2.24, 2.45) is 0 Å². The largest absolute Gasteiger partial charge is 0.315 e. The summed E-state index contributed by atoms with van der Waals surface area (Å²) in [6.07, 6.45) is 1.79. The van der Waals surface area contributed by atoms with Crippen LogP contribution in [0.1, 0.15) is 30.2 Å². The Kier molecular flexibility index (Phi) is 3.44. The van der Waals surface area contributed by atoms with Gasteiger partial charge in [0, 0.05) is 11.6 Å². The fraction of sp³-hybridized carbons (Fsp3) is 0.267. The Labute approximate surface area is 131 Å². The van der Waals surface area contributed by atoms with Crippen molar-refractivity contribution in [1.29, 1.82) is 5.26 Å². The van der Waals surface area contributed by atoms with Gasteiger partial charge in [-0.25, -0.2) is 9.97 Å². The molecule has 0 aliphatic heterocycles. The summed E-state index contributed by atoms with van der Waals surface area (Å²) in [5.41, 5.74) is 1.79. The molecule has 6 heteroatoms. The number of nitrogens with zero attached hydrogens (tertiary/aromatic N) is 4. The summed E-state index contributed by atoms with van der Waals surface area (Å²) in [5, 5.41) is 12.2. The molecule has 2 heterocycles. The zero-order valence-corrected chi connectivity index (χ0v) is 13.2. The highest BCUT2D eigenvalue weighted by Crippen LogP contribution is 2.33. The fourth-order valence-electron chi connectivity index (χ4n) is 2.57. The summed E-state index contributed by atoms with van der Waals surface area (Å²) in [6, 6.07) is 7.80. The summed E-state index contributed by atoms with van der Waals surface area (Å²) >= 11 is 7.68. The summed E-state index contributed by atoms with van der Waals surface area (Å²) in [5.74, 6) is 1.03. The molecule has 0 saturated heterocycles. The summed E-state index contributed by atoms with van der Waals surface area (Å²) < 4.78 is 2.08. The van der Waals surface area contributed by atoms with E-state index in [4.69, 9.17) is 11.6 Å². The van der Waals surface area contributed by atoms with Crippen molar-refractivity contribution in [3.8, 4) is 6.07 Å². The van der Waals surface area contributed by atoms with Crippen molar-refractivity contribution in [3.05, 3.63) is 46.2 Å². The number of aromatic nitrogens is 3. The Bertz CT molecular complexity index is 827. The lowest BCUT2D eigenvalue weighted by Crippen LogP contribution is -2.29. The highest BCUT2D eigenvalue weighted by Gasteiger charge is 2.30. The standard InChI is InChI=1S/C15H13ClN4S/c1-15(2,14-18-6-7-21-14)20-11-5-3-4-10(9-17)13(11)19-12(20)8-16/h3-7H,8H2,1-2H3. The number of hydrogen-bond acceptors (Lipinski definition) is 4. The minimum Gasteiger partial charge on any atom is -0.315 e. The highest BCUT2D eigenvalue weighted by atomic mass is 35.5. The number of alkyl halides is 1. The zero-order valence-electron chi connectivity index (χ0n) is 11.7. The average Bonchev–Trinajstić information content (AvgIpc) is 3.13. The SMILES string of the molecule is CC(C)(c1nccs1)n1c(CCl)nc2c(C#N)cccc21. The van der Waals surface area contributed by atoms with Gasteiger partial charge in [0.05, 0.1) is 22.5 Å². The van der Waals surface area contributed by atoms with Crippen LogP contribution in [0.3, 0.4) is 0 Å². The summed E-state index contributed by atoms with van der Waals surface area (Å²) in [4.78, 5) is 8.99. The van der Waals surface area contributed by atoms with E-state index in [0.29, 0.717) is 11.1 Å². The average molecular weight is 317 g/mol. The minimum atomic E-state index is -0.374. The minimum absolute atomic E-state index is 0.286. The number of rotatable bonds is 3. The van der Waals surface area contributed by atoms with Crippen LogP contribution in [0.4, 0.5) is 0 Å². The lowest BCUT2D eigenvalue weighted by atomic mass is 10.1. The van der Waals surface area contributed by atoms with Gasteiger partial charge in [0.1, 0.15) is 22.4 Å². The predicted octanol–water partition coefficient (Wildman–Crippen LogP) is 3.89. The van der Waals surface area contributed by atoms with Crippen LogP contribution in [0.5, 0.6) is 0 Å². The first kappa shape index (κ1) is 14.1. The number of nitriles is 1. The number of para-hydroxylation sites is 1. The molecule has 0 fully saturated rings. The molecule has 4 nitrogen and oxygen atoms in total. The van der Waals surface area contributed by atoms with Crippen molar-refractivity contribution in [2.75, 3.05) is 0 Å². The van der Waals surface area contributed by atoms with Crippen LogP contribution in [0.25, 0.3) is 11.0 Å². The van der Waals surface area contributed by atoms with Crippen LogP contribution in [-0.2, 0) is 11.4 Å². The molecule has 3 aromatic rings. The molecule has 0 N–H and O–H groups in total. The van der Waals surface area contributed by atoms with Gasteiger partial charge < -0.3 is 4.57 Å². The van der Waals surface area contributed by atoms with Gasteiger partial charge >= 0.3 is 0 Å². The maximum atomic E-state index is 9.25. The van der Waals surface area contributed by atoms with E-state index in [-0.39, 0.29) is 11.4 Å². The molecule has 0 bridgehead atoms. The Hall–Kier alpha value is -1.90. The number of thiazole rings is 1. The Morgan fingerprint density at radius 2 is 2.24 bits per heavy atom. The molecule has 0 amide bonds. The molecule has 1 aromatic carbocycles. The molecular weight excluding hydrogens is 304 g/mol. The Balaban J connectivity index is 2.35. The van der Waals surface area contributed by atoms with Crippen molar-refractivity contribution in [1.82, 2.24) is 14.5 Å². The highest BCUT2D eigenvalue weighted by molar-refractivity contribution is 7.09. The number of imidazole rings is 1. The number of benzene rings is 1. The molecule has 0 spiro atoms. The van der Waals surface area contributed by atoms with Gasteiger partial charge in [0.15, 0.2) is 0 Å². The van der Waals surface area contributed by atoms with E-state index in [1.54, 1.807) is 23.6 Å². The molecule has 0 unspecified atom stereocenters. The van der Waals surface area contributed by atoms with Crippen molar-refractivity contribution in [3.63, 3.8) is 0 Å². The number of halogens is 1. The first-order valence-corrected chi connectivity index (χ1v) is 7.88. The van der Waals surface area contributed by atoms with E-state index >= 15 is 0 Å². The predicted molar refractivity (Wildman–Crippen MR) is 84.5 cm³/mol. The monoisotopic (exact) mass is 316 g/mol. The van der Waals surface area contributed by atoms with Gasteiger partial charge in [-0.3, -0.25) is 0 Å². The van der Waals surface area contributed by atoms with Gasteiger partial charge in [-0.15, -0.1) is 22.9 Å². The van der Waals surface area contributed by atoms with Crippen LogP contribution >= 0.6 is 22.9 Å². The molecule has 21 heavy (non-hydrogen) atoms. The van der Waals surface area contributed by atoms with Crippen molar-refractivity contribution >= 4 is 34.0 Å². The molecule has 2 aromatic heterocycles. The van der Waals surface area contributed by atoms with E-state index in [9.17, 15) is 5.26 Å². The molecule has 0 atom stereocenters. The smallest absolute Gasteiger partial charge is 0.125 e. The zero-order chi connectivity index (χ0) is 15.0. The molecule has 0 aliphatic rings. The van der Waals surface area contributed by atoms with Crippen LogP contribution in [-0.4, -0.2) is 14.5 Å². The molecule has 3 rings (SSSR count). The third kappa shape index (κ3) is 2.11. The first-order chi connectivity index (χ1) is 10.1. The van der Waals surface area contributed by atoms with E-state index < -0.39 is 0 Å². The van der Waals surface area contributed by atoms with Gasteiger partial charge in [0.2, 0.25) is 0 Å². The summed E-state index contributed by atoms with van der Waals surface area (Å²) in [6.45, 7) is 4.17. The maximum Gasteiger partial charge on any atom is 0.125 e. The van der Waals surface area contributed by atoms with Gasteiger partial charge in [0.25, 0.3) is 0 Å². The number of hydrogen-bond donors (Lipinski definition) is 0. The van der Waals surface area contributed by atoms with Crippen LogP contribution in [0, 0.1) is 11.3 Å². The topological polar surface area (TPSA) is 54.5 Å². The van der Waals surface area contributed by atoms with E-state index in [1.807, 2.05) is 17.5 Å². The van der Waals surface area contributed by atoms with Gasteiger partial charge in [-0.2, -0.15) is 5.26 Å². The maximum absolute atomic E-state index is 9.25. The third-order valence-corrected chi connectivity index (χ3v) is 4.83. The molecule has 0 saturated carbocycles. The van der Waals surface area contributed by atoms with E-state index in [2.05, 4.69) is 34.5 Å². The van der Waals surface area contributed by atoms with E-state index in [1.165, 1.54) is 0 Å². The second-order valence-corrected chi connectivity index (χ2v) is 6.34. The van der Waals surface area contributed by atoms with Crippen molar-refractivity contribution < 1.29 is 0 Å². The molecule has 0 radical (unpaired) electrons. The first-order valence-electron chi connectivity index (χ1n) is 6.46. The lowest BCUT2D eigenvalue weighted by molar-refractivity contribution is 0.435. The van der Waals surface area contributed by atoms with E-state index in [0.717, 1.165) is 16.3 Å². The van der Waals surface area contributed by atoms with Gasteiger partial charge in [-0.05, 0) is 26.0 Å². The molecule has 106 valence electrons. The quantitative estimate of drug-likeness (QED) is 0.689. The van der Waals surface area contributed by atoms with Crippen LogP contribution in [0.15, 0.2) is 29.8 Å². The Morgan fingerprint density at radius 3 is 2.86 bits per heavy atom. The normalized spacial score (nSPS) is 11.7. The second kappa shape index (κ2) is 5.14. The Morgan fingerprint density at radius 1 is 1.43 bits per heavy atom. The second-order valence-electron chi connectivity index (χ2n) is 5.18. The third-order valence-electron chi connectivity index (χ3n) is 3.51. The van der Waals surface area contributed by atoms with Crippen molar-refractivity contribution in [2.45, 2.75) is 25.3 Å². The lowest BCUT2D eigenvalue weighted by Gasteiger charge is -2.27. The van der Waals surface area contributed by atoms with Crippen LogP contribution in [0.2, 0.25) is 0 Å². The fourth-order valence-corrected chi connectivity index (χ4v) is 3.50. The molecular formula is C15H13ClN4S.